The number of carbonyl (C=O) groups excluding carboxylic acids is 3. The second-order valence-electron chi connectivity index (χ2n) is 10.6. The van der Waals surface area contributed by atoms with E-state index in [0.29, 0.717) is 30.7 Å². The summed E-state index contributed by atoms with van der Waals surface area (Å²) in [7, 11) is 3.48. The van der Waals surface area contributed by atoms with Gasteiger partial charge in [-0.15, -0.1) is 0 Å². The zero-order valence-electron chi connectivity index (χ0n) is 21.7. The molecule has 1 saturated carbocycles. The third-order valence-corrected chi connectivity index (χ3v) is 8.46. The van der Waals surface area contributed by atoms with Gasteiger partial charge in [0.1, 0.15) is 17.1 Å². The lowest BCUT2D eigenvalue weighted by atomic mass is 9.69. The molecule has 2 fully saturated rings. The van der Waals surface area contributed by atoms with Gasteiger partial charge in [0.05, 0.1) is 5.92 Å². The van der Waals surface area contributed by atoms with Crippen molar-refractivity contribution in [3.8, 4) is 0 Å². The van der Waals surface area contributed by atoms with Crippen LogP contribution in [0.5, 0.6) is 0 Å². The minimum atomic E-state index is -1.15. The Kier molecular flexibility index (Phi) is 7.41. The summed E-state index contributed by atoms with van der Waals surface area (Å²) in [6, 6.07) is 5.98. The molecule has 1 unspecified atom stereocenters. The number of aryl methyl sites for hydroxylation is 1. The summed E-state index contributed by atoms with van der Waals surface area (Å²) in [5.74, 6) is -1.56. The normalized spacial score (nSPS) is 21.9. The molecular weight excluding hydrogens is 461 g/mol. The lowest BCUT2D eigenvalue weighted by Gasteiger charge is -2.46. The van der Waals surface area contributed by atoms with E-state index in [9.17, 15) is 18.8 Å². The minimum Gasteiger partial charge on any atom is -0.368 e. The molecule has 1 aliphatic carbocycles. The van der Waals surface area contributed by atoms with Gasteiger partial charge in [-0.1, -0.05) is 19.3 Å². The summed E-state index contributed by atoms with van der Waals surface area (Å²) in [6.07, 6.45) is 5.02. The van der Waals surface area contributed by atoms with E-state index in [1.165, 1.54) is 12.1 Å². The molecule has 1 saturated heterocycles. The Morgan fingerprint density at radius 3 is 2.44 bits per heavy atom. The van der Waals surface area contributed by atoms with Crippen LogP contribution in [0, 0.1) is 17.7 Å². The number of carbonyl (C=O) groups is 3. The summed E-state index contributed by atoms with van der Waals surface area (Å²) in [5, 5.41) is 3.74. The molecule has 9 heteroatoms. The quantitative estimate of drug-likeness (QED) is 0.638. The molecule has 0 spiro atoms. The molecule has 0 bridgehead atoms. The SMILES string of the molecule is CNC(C)(C(N)=O)[C@@H](C(=O)N1CCN(C(=O)c2cc3cc(F)ccc3n2C)C[C@H]1C)C1CCCCC1. The number of hydrogen-bond donors (Lipinski definition) is 2. The molecule has 3 atom stereocenters. The van der Waals surface area contributed by atoms with Gasteiger partial charge in [0.2, 0.25) is 11.8 Å². The average molecular weight is 500 g/mol. The Hall–Kier alpha value is -2.94. The van der Waals surface area contributed by atoms with Gasteiger partial charge < -0.3 is 25.4 Å². The summed E-state index contributed by atoms with van der Waals surface area (Å²) in [5.41, 5.74) is 5.95. The van der Waals surface area contributed by atoms with Gasteiger partial charge in [-0.2, -0.15) is 0 Å². The molecule has 3 N–H and O–H groups in total. The number of primary amides is 1. The highest BCUT2D eigenvalue weighted by atomic mass is 19.1. The highest BCUT2D eigenvalue weighted by Crippen LogP contribution is 2.38. The van der Waals surface area contributed by atoms with Gasteiger partial charge in [-0.05, 0) is 63.9 Å². The Balaban J connectivity index is 1.54. The molecular formula is C27H38FN5O3. The number of likely N-dealkylation sites (N-methyl/N-ethyl adjacent to an activating group) is 1. The standard InChI is InChI=1S/C27H38FN5O3/c1-17-16-32(24(34)22-15-19-14-20(28)10-11-21(19)31(22)4)12-13-33(17)25(35)23(18-8-6-5-7-9-18)27(2,30-3)26(29)36/h10-11,14-15,17-18,23,30H,5-9,12-13,16H2,1-4H3,(H2,29,36)/t17-,23-,27?/m1/s1. The fourth-order valence-corrected chi connectivity index (χ4v) is 6.16. The van der Waals surface area contributed by atoms with Crippen LogP contribution in [0.4, 0.5) is 4.39 Å². The van der Waals surface area contributed by atoms with Crippen molar-refractivity contribution in [3.05, 3.63) is 35.8 Å². The van der Waals surface area contributed by atoms with Crippen molar-refractivity contribution in [2.24, 2.45) is 24.6 Å². The first-order valence-electron chi connectivity index (χ1n) is 12.9. The number of halogens is 1. The Labute approximate surface area is 212 Å². The van der Waals surface area contributed by atoms with E-state index in [4.69, 9.17) is 5.73 Å². The number of hydrogen-bond acceptors (Lipinski definition) is 4. The molecule has 2 aromatic rings. The van der Waals surface area contributed by atoms with Gasteiger partial charge in [0, 0.05) is 43.6 Å². The van der Waals surface area contributed by atoms with E-state index in [1.54, 1.807) is 42.6 Å². The van der Waals surface area contributed by atoms with Crippen LogP contribution in [-0.2, 0) is 16.6 Å². The van der Waals surface area contributed by atoms with Crippen LogP contribution in [0.3, 0.4) is 0 Å². The second-order valence-corrected chi connectivity index (χ2v) is 10.6. The molecule has 4 rings (SSSR count). The molecule has 196 valence electrons. The second kappa shape index (κ2) is 10.2. The lowest BCUT2D eigenvalue weighted by molar-refractivity contribution is -0.149. The first-order valence-corrected chi connectivity index (χ1v) is 12.9. The van der Waals surface area contributed by atoms with E-state index >= 15 is 0 Å². The largest absolute Gasteiger partial charge is 0.368 e. The lowest BCUT2D eigenvalue weighted by Crippen LogP contribution is -2.65. The topological polar surface area (TPSA) is 101 Å². The zero-order valence-corrected chi connectivity index (χ0v) is 21.7. The van der Waals surface area contributed by atoms with Crippen LogP contribution in [0.1, 0.15) is 56.4 Å². The number of benzene rings is 1. The number of fused-ring (bicyclic) bond motifs is 1. The number of amides is 3. The zero-order chi connectivity index (χ0) is 26.2. The van der Waals surface area contributed by atoms with Crippen LogP contribution in [0.2, 0.25) is 0 Å². The molecule has 3 amide bonds. The molecule has 1 aromatic heterocycles. The predicted octanol–water partition coefficient (Wildman–Crippen LogP) is 2.65. The molecule has 2 heterocycles. The van der Waals surface area contributed by atoms with Crippen LogP contribution in [-0.4, -0.2) is 70.4 Å². The summed E-state index contributed by atoms with van der Waals surface area (Å²) < 4.78 is 15.5. The van der Waals surface area contributed by atoms with Crippen molar-refractivity contribution in [1.82, 2.24) is 19.7 Å². The van der Waals surface area contributed by atoms with Crippen molar-refractivity contribution < 1.29 is 18.8 Å². The predicted molar refractivity (Wildman–Crippen MR) is 137 cm³/mol. The molecule has 2 aliphatic rings. The fraction of sp³-hybridized carbons (Fsp3) is 0.593. The monoisotopic (exact) mass is 499 g/mol. The van der Waals surface area contributed by atoms with Crippen LogP contribution >= 0.6 is 0 Å². The van der Waals surface area contributed by atoms with Crippen molar-refractivity contribution >= 4 is 28.6 Å². The number of rotatable bonds is 6. The fourth-order valence-electron chi connectivity index (χ4n) is 6.16. The Morgan fingerprint density at radius 2 is 1.83 bits per heavy atom. The molecule has 36 heavy (non-hydrogen) atoms. The Bertz CT molecular complexity index is 1160. The third-order valence-electron chi connectivity index (χ3n) is 8.46. The van der Waals surface area contributed by atoms with Crippen molar-refractivity contribution in [1.29, 1.82) is 0 Å². The highest BCUT2D eigenvalue weighted by Gasteiger charge is 2.49. The summed E-state index contributed by atoms with van der Waals surface area (Å²) >= 11 is 0. The van der Waals surface area contributed by atoms with Gasteiger partial charge in [-0.25, -0.2) is 4.39 Å². The van der Waals surface area contributed by atoms with E-state index < -0.39 is 17.4 Å². The number of nitrogens with two attached hydrogens (primary N) is 1. The van der Waals surface area contributed by atoms with Crippen molar-refractivity contribution in [3.63, 3.8) is 0 Å². The molecule has 1 aliphatic heterocycles. The smallest absolute Gasteiger partial charge is 0.270 e. The van der Waals surface area contributed by atoms with E-state index in [2.05, 4.69) is 5.32 Å². The van der Waals surface area contributed by atoms with E-state index in [1.807, 2.05) is 11.8 Å². The van der Waals surface area contributed by atoms with Gasteiger partial charge in [0.25, 0.3) is 5.91 Å². The van der Waals surface area contributed by atoms with Crippen LogP contribution < -0.4 is 11.1 Å². The molecule has 0 radical (unpaired) electrons. The van der Waals surface area contributed by atoms with Gasteiger partial charge in [0.15, 0.2) is 0 Å². The maximum absolute atomic E-state index is 14.0. The number of nitrogens with zero attached hydrogens (tertiary/aromatic N) is 3. The van der Waals surface area contributed by atoms with E-state index in [0.717, 1.165) is 37.6 Å². The average Bonchev–Trinajstić information content (AvgIpc) is 3.19. The van der Waals surface area contributed by atoms with Crippen LogP contribution in [0.15, 0.2) is 24.3 Å². The molecule has 1 aromatic carbocycles. The Morgan fingerprint density at radius 1 is 1.14 bits per heavy atom. The summed E-state index contributed by atoms with van der Waals surface area (Å²) in [4.78, 5) is 43.5. The van der Waals surface area contributed by atoms with E-state index in [-0.39, 0.29) is 29.6 Å². The number of piperazine rings is 1. The maximum atomic E-state index is 14.0. The maximum Gasteiger partial charge on any atom is 0.270 e. The van der Waals surface area contributed by atoms with Crippen LogP contribution in [0.25, 0.3) is 10.9 Å². The first kappa shape index (κ1) is 26.1. The molecule has 8 nitrogen and oxygen atoms in total. The highest BCUT2D eigenvalue weighted by molar-refractivity contribution is 5.99. The first-order chi connectivity index (χ1) is 17.1. The number of nitrogens with one attached hydrogen (secondary N) is 1. The third kappa shape index (κ3) is 4.61. The number of aromatic nitrogens is 1. The summed E-state index contributed by atoms with van der Waals surface area (Å²) in [6.45, 7) is 4.82. The van der Waals surface area contributed by atoms with Gasteiger partial charge >= 0.3 is 0 Å². The minimum absolute atomic E-state index is 0.0720. The van der Waals surface area contributed by atoms with Crippen molar-refractivity contribution in [2.45, 2.75) is 57.5 Å². The van der Waals surface area contributed by atoms with Crippen molar-refractivity contribution in [2.75, 3.05) is 26.7 Å². The van der Waals surface area contributed by atoms with Gasteiger partial charge in [-0.3, -0.25) is 14.4 Å².